The van der Waals surface area contributed by atoms with Gasteiger partial charge in [0, 0.05) is 37.1 Å². The minimum absolute atomic E-state index is 0.00235. The van der Waals surface area contributed by atoms with Gasteiger partial charge in [-0.3, -0.25) is 9.59 Å². The molecule has 0 aliphatic carbocycles. The van der Waals surface area contributed by atoms with Crippen molar-refractivity contribution < 1.29 is 28.2 Å². The summed E-state index contributed by atoms with van der Waals surface area (Å²) in [5.41, 5.74) is 1.43. The number of Topliss-reactive ketones (excluding diaryl/α,β-unsaturated/α-hetero) is 1. The van der Waals surface area contributed by atoms with Gasteiger partial charge in [0.2, 0.25) is 11.6 Å². The molecule has 0 atom stereocenters. The Kier molecular flexibility index (Phi) is 6.26. The van der Waals surface area contributed by atoms with Crippen LogP contribution in [0.3, 0.4) is 0 Å². The Morgan fingerprint density at radius 1 is 1.00 bits per heavy atom. The standard InChI is InChI=1S/C25H19FN2O5/c1-15(29)32-25-22(31-2)11-12-27-24(25)21(30)14-16-3-9-20-17(13-16)4-10-23(28-20)33-19-7-5-18(26)6-8-19/h3-13H,14H2,1-2H3. The molecule has 0 amide bonds. The molecule has 0 unspecified atom stereocenters. The van der Waals surface area contributed by atoms with Crippen molar-refractivity contribution in [2.24, 2.45) is 0 Å². The number of esters is 1. The average molecular weight is 446 g/mol. The Morgan fingerprint density at radius 3 is 2.52 bits per heavy atom. The van der Waals surface area contributed by atoms with E-state index in [9.17, 15) is 14.0 Å². The van der Waals surface area contributed by atoms with E-state index in [1.165, 1.54) is 50.6 Å². The molecule has 0 saturated carbocycles. The molecule has 166 valence electrons. The summed E-state index contributed by atoms with van der Waals surface area (Å²) in [6.07, 6.45) is 1.46. The number of ether oxygens (including phenoxy) is 3. The average Bonchev–Trinajstić information content (AvgIpc) is 2.80. The maximum atomic E-state index is 13.1. The Bertz CT molecular complexity index is 1340. The number of hydrogen-bond acceptors (Lipinski definition) is 7. The third-order valence-corrected chi connectivity index (χ3v) is 4.73. The number of ketones is 1. The van der Waals surface area contributed by atoms with Crippen LogP contribution in [0.25, 0.3) is 10.9 Å². The molecule has 0 fully saturated rings. The number of carbonyl (C=O) groups excluding carboxylic acids is 2. The first-order chi connectivity index (χ1) is 15.9. The lowest BCUT2D eigenvalue weighted by molar-refractivity contribution is -0.132. The van der Waals surface area contributed by atoms with E-state index in [1.807, 2.05) is 12.1 Å². The van der Waals surface area contributed by atoms with Crippen molar-refractivity contribution in [1.29, 1.82) is 0 Å². The third-order valence-electron chi connectivity index (χ3n) is 4.73. The van der Waals surface area contributed by atoms with Crippen LogP contribution in [-0.4, -0.2) is 28.8 Å². The zero-order chi connectivity index (χ0) is 23.4. The number of nitrogens with zero attached hydrogens (tertiary/aromatic N) is 2. The summed E-state index contributed by atoms with van der Waals surface area (Å²) in [7, 11) is 1.42. The van der Waals surface area contributed by atoms with Crippen LogP contribution in [0, 0.1) is 5.82 Å². The van der Waals surface area contributed by atoms with Gasteiger partial charge < -0.3 is 14.2 Å². The van der Waals surface area contributed by atoms with Gasteiger partial charge in [-0.25, -0.2) is 14.4 Å². The first-order valence-corrected chi connectivity index (χ1v) is 10.0. The minimum atomic E-state index is -0.578. The molecule has 4 rings (SSSR count). The summed E-state index contributed by atoms with van der Waals surface area (Å²) in [6.45, 7) is 1.24. The third kappa shape index (κ3) is 5.12. The number of fused-ring (bicyclic) bond motifs is 1. The summed E-state index contributed by atoms with van der Waals surface area (Å²) in [6, 6.07) is 16.1. The van der Waals surface area contributed by atoms with Gasteiger partial charge >= 0.3 is 5.97 Å². The number of halogens is 1. The summed E-state index contributed by atoms with van der Waals surface area (Å²) < 4.78 is 29.1. The Hall–Kier alpha value is -4.33. The first-order valence-electron chi connectivity index (χ1n) is 10.0. The van der Waals surface area contributed by atoms with Gasteiger partial charge in [-0.2, -0.15) is 0 Å². The second-order valence-electron chi connectivity index (χ2n) is 7.12. The molecule has 0 aliphatic heterocycles. The van der Waals surface area contributed by atoms with Gasteiger partial charge in [0.1, 0.15) is 11.6 Å². The van der Waals surface area contributed by atoms with Gasteiger partial charge in [0.15, 0.2) is 17.2 Å². The van der Waals surface area contributed by atoms with Crippen LogP contribution >= 0.6 is 0 Å². The molecule has 33 heavy (non-hydrogen) atoms. The Labute approximate surface area is 188 Å². The molecule has 0 spiro atoms. The molecule has 0 saturated heterocycles. The van der Waals surface area contributed by atoms with Crippen LogP contribution in [0.15, 0.2) is 66.9 Å². The van der Waals surface area contributed by atoms with E-state index in [2.05, 4.69) is 9.97 Å². The second-order valence-corrected chi connectivity index (χ2v) is 7.12. The van der Waals surface area contributed by atoms with Crippen LogP contribution in [0.5, 0.6) is 23.1 Å². The van der Waals surface area contributed by atoms with Gasteiger partial charge in [0.05, 0.1) is 12.6 Å². The van der Waals surface area contributed by atoms with E-state index in [-0.39, 0.29) is 35.2 Å². The largest absolute Gasteiger partial charge is 0.493 e. The lowest BCUT2D eigenvalue weighted by Crippen LogP contribution is -2.12. The number of carbonyl (C=O) groups is 2. The normalized spacial score (nSPS) is 10.6. The quantitative estimate of drug-likeness (QED) is 0.294. The topological polar surface area (TPSA) is 87.6 Å². The molecule has 7 nitrogen and oxygen atoms in total. The van der Waals surface area contributed by atoms with Crippen LogP contribution in [0.4, 0.5) is 4.39 Å². The van der Waals surface area contributed by atoms with E-state index in [0.29, 0.717) is 17.1 Å². The van der Waals surface area contributed by atoms with E-state index in [0.717, 1.165) is 10.9 Å². The fraction of sp³-hybridized carbons (Fsp3) is 0.120. The van der Waals surface area contributed by atoms with Crippen LogP contribution in [-0.2, 0) is 11.2 Å². The van der Waals surface area contributed by atoms with E-state index < -0.39 is 5.97 Å². The van der Waals surface area contributed by atoms with Crippen LogP contribution in [0.1, 0.15) is 23.0 Å². The first kappa shape index (κ1) is 21.9. The zero-order valence-electron chi connectivity index (χ0n) is 17.9. The number of methoxy groups -OCH3 is 1. The monoisotopic (exact) mass is 446 g/mol. The number of aromatic nitrogens is 2. The van der Waals surface area contributed by atoms with E-state index >= 15 is 0 Å². The van der Waals surface area contributed by atoms with Crippen molar-refractivity contribution in [2.45, 2.75) is 13.3 Å². The van der Waals surface area contributed by atoms with Crippen molar-refractivity contribution >= 4 is 22.7 Å². The fourth-order valence-electron chi connectivity index (χ4n) is 3.25. The number of rotatable bonds is 7. The predicted octanol–water partition coefficient (Wildman–Crippen LogP) is 4.92. The van der Waals surface area contributed by atoms with Gasteiger partial charge in [-0.15, -0.1) is 0 Å². The summed E-state index contributed by atoms with van der Waals surface area (Å²) in [4.78, 5) is 32.9. The van der Waals surface area contributed by atoms with Crippen LogP contribution < -0.4 is 14.2 Å². The van der Waals surface area contributed by atoms with Gasteiger partial charge in [-0.05, 0) is 48.0 Å². The van der Waals surface area contributed by atoms with Crippen molar-refractivity contribution in [3.05, 3.63) is 83.9 Å². The molecule has 2 aromatic heterocycles. The molecule has 0 N–H and O–H groups in total. The summed E-state index contributed by atoms with van der Waals surface area (Å²) >= 11 is 0. The maximum absolute atomic E-state index is 13.1. The highest BCUT2D eigenvalue weighted by atomic mass is 19.1. The molecule has 8 heteroatoms. The molecule has 0 aliphatic rings. The molecule has 2 heterocycles. The molecular formula is C25H19FN2O5. The highest BCUT2D eigenvalue weighted by Gasteiger charge is 2.21. The molecule has 0 bridgehead atoms. The number of pyridine rings is 2. The van der Waals surface area contributed by atoms with Crippen LogP contribution in [0.2, 0.25) is 0 Å². The highest BCUT2D eigenvalue weighted by molar-refractivity contribution is 6.00. The summed E-state index contributed by atoms with van der Waals surface area (Å²) in [5.74, 6) is -0.161. The minimum Gasteiger partial charge on any atom is -0.493 e. The fourth-order valence-corrected chi connectivity index (χ4v) is 3.25. The van der Waals surface area contributed by atoms with Gasteiger partial charge in [-0.1, -0.05) is 6.07 Å². The summed E-state index contributed by atoms with van der Waals surface area (Å²) in [5, 5.41) is 0.811. The van der Waals surface area contributed by atoms with Crippen molar-refractivity contribution in [3.8, 4) is 23.1 Å². The SMILES string of the molecule is COc1ccnc(C(=O)Cc2ccc3nc(Oc4ccc(F)cc4)ccc3c2)c1OC(C)=O. The molecule has 4 aromatic rings. The molecule has 2 aromatic carbocycles. The predicted molar refractivity (Wildman–Crippen MR) is 118 cm³/mol. The lowest BCUT2D eigenvalue weighted by Gasteiger charge is -2.11. The lowest BCUT2D eigenvalue weighted by atomic mass is 10.0. The Morgan fingerprint density at radius 2 is 1.79 bits per heavy atom. The number of hydrogen-bond donors (Lipinski definition) is 0. The Balaban J connectivity index is 1.55. The second kappa shape index (κ2) is 9.44. The number of benzene rings is 2. The smallest absolute Gasteiger partial charge is 0.308 e. The van der Waals surface area contributed by atoms with Gasteiger partial charge in [0.25, 0.3) is 0 Å². The zero-order valence-corrected chi connectivity index (χ0v) is 17.9. The van der Waals surface area contributed by atoms with Crippen molar-refractivity contribution in [3.63, 3.8) is 0 Å². The van der Waals surface area contributed by atoms with Crippen molar-refractivity contribution in [2.75, 3.05) is 7.11 Å². The van der Waals surface area contributed by atoms with E-state index in [4.69, 9.17) is 14.2 Å². The molecule has 0 radical (unpaired) electrons. The van der Waals surface area contributed by atoms with Crippen molar-refractivity contribution in [1.82, 2.24) is 9.97 Å². The van der Waals surface area contributed by atoms with E-state index in [1.54, 1.807) is 18.2 Å². The molecular weight excluding hydrogens is 427 g/mol. The maximum Gasteiger partial charge on any atom is 0.308 e. The highest BCUT2D eigenvalue weighted by Crippen LogP contribution is 2.31.